The molecule has 9 nitrogen and oxygen atoms in total. The molecule has 0 spiro atoms. The van der Waals surface area contributed by atoms with E-state index in [-0.39, 0.29) is 0 Å². The van der Waals surface area contributed by atoms with E-state index in [0.717, 1.165) is 58.5 Å². The van der Waals surface area contributed by atoms with E-state index in [1.54, 1.807) is 18.5 Å². The van der Waals surface area contributed by atoms with E-state index < -0.39 is 23.1 Å². The van der Waals surface area contributed by atoms with Crippen LogP contribution in [0.25, 0.3) is 39.3 Å². The molecule has 6 rings (SSSR count). The summed E-state index contributed by atoms with van der Waals surface area (Å²) < 4.78 is 7.47. The van der Waals surface area contributed by atoms with E-state index in [0.29, 0.717) is 11.2 Å². The Morgan fingerprint density at radius 1 is 1.00 bits per heavy atom. The molecule has 4 N–H and O–H groups in total. The molecule has 0 bridgehead atoms. The van der Waals surface area contributed by atoms with Gasteiger partial charge in [0.2, 0.25) is 0 Å². The van der Waals surface area contributed by atoms with Crippen LogP contribution in [0.5, 0.6) is 0 Å². The number of imidazole rings is 1. The molecule has 0 aliphatic heterocycles. The van der Waals surface area contributed by atoms with Crippen LogP contribution in [0.15, 0.2) is 79.3 Å². The van der Waals surface area contributed by atoms with E-state index >= 15 is 0 Å². The van der Waals surface area contributed by atoms with E-state index in [9.17, 15) is 9.59 Å². The highest BCUT2D eigenvalue weighted by molar-refractivity contribution is 6.01. The molecule has 0 unspecified atom stereocenters. The number of aromatic nitrogens is 4. The molecule has 1 saturated carbocycles. The van der Waals surface area contributed by atoms with Gasteiger partial charge in [0.1, 0.15) is 5.60 Å². The van der Waals surface area contributed by atoms with Gasteiger partial charge in [-0.05, 0) is 51.7 Å². The van der Waals surface area contributed by atoms with Gasteiger partial charge in [-0.15, -0.1) is 0 Å². The summed E-state index contributed by atoms with van der Waals surface area (Å²) in [4.78, 5) is 30.2. The van der Waals surface area contributed by atoms with Crippen LogP contribution in [-0.2, 0) is 10.3 Å². The van der Waals surface area contributed by atoms with Crippen molar-refractivity contribution in [2.75, 3.05) is 0 Å². The summed E-state index contributed by atoms with van der Waals surface area (Å²) in [5, 5.41) is 10.0. The first-order valence-electron chi connectivity index (χ1n) is 13.7. The summed E-state index contributed by atoms with van der Waals surface area (Å²) in [5.74, 6) is -0.563. The molecule has 5 aromatic rings. The van der Waals surface area contributed by atoms with Gasteiger partial charge in [-0.2, -0.15) is 5.10 Å². The minimum atomic E-state index is -0.572. The fourth-order valence-corrected chi connectivity index (χ4v) is 5.43. The number of alkyl carbamates (subject to hydrolysis) is 1. The van der Waals surface area contributed by atoms with Crippen molar-refractivity contribution in [2.45, 2.75) is 51.2 Å². The summed E-state index contributed by atoms with van der Waals surface area (Å²) in [6.07, 6.45) is 7.71. The predicted octanol–water partition coefficient (Wildman–Crippen LogP) is 6.06. The number of aromatic amines is 1. The lowest BCUT2D eigenvalue weighted by atomic mass is 9.71. The normalized spacial score (nSPS) is 14.4. The van der Waals surface area contributed by atoms with Crippen molar-refractivity contribution in [3.63, 3.8) is 0 Å². The van der Waals surface area contributed by atoms with Crippen LogP contribution < -0.4 is 11.1 Å². The Morgan fingerprint density at radius 3 is 2.32 bits per heavy atom. The molecule has 0 radical (unpaired) electrons. The number of hydrogen-bond acceptors (Lipinski definition) is 5. The van der Waals surface area contributed by atoms with Crippen LogP contribution in [-0.4, -0.2) is 37.2 Å². The number of benzene rings is 2. The van der Waals surface area contributed by atoms with Gasteiger partial charge in [0.05, 0.1) is 28.7 Å². The number of carbonyl (C=O) groups excluding carboxylic acids is 2. The van der Waals surface area contributed by atoms with E-state index in [4.69, 9.17) is 15.5 Å². The van der Waals surface area contributed by atoms with Gasteiger partial charge >= 0.3 is 6.09 Å². The van der Waals surface area contributed by atoms with Crippen molar-refractivity contribution >= 4 is 17.6 Å². The maximum absolute atomic E-state index is 12.6. The molecule has 41 heavy (non-hydrogen) atoms. The second kappa shape index (κ2) is 9.92. The summed E-state index contributed by atoms with van der Waals surface area (Å²) in [6.45, 7) is 5.57. The van der Waals surface area contributed by atoms with Crippen LogP contribution in [0, 0.1) is 0 Å². The quantitative estimate of drug-likeness (QED) is 0.238. The summed E-state index contributed by atoms with van der Waals surface area (Å²) in [5.41, 5.74) is 11.6. The van der Waals surface area contributed by atoms with Gasteiger partial charge in [-0.25, -0.2) is 9.78 Å². The Balaban J connectivity index is 1.46. The Bertz CT molecular complexity index is 1730. The fourth-order valence-electron chi connectivity index (χ4n) is 5.43. The molecule has 2 aromatic carbocycles. The largest absolute Gasteiger partial charge is 0.444 e. The van der Waals surface area contributed by atoms with Crippen molar-refractivity contribution in [3.05, 3.63) is 90.4 Å². The number of rotatable bonds is 6. The zero-order valence-electron chi connectivity index (χ0n) is 23.3. The van der Waals surface area contributed by atoms with Crippen molar-refractivity contribution < 1.29 is 14.3 Å². The first kappa shape index (κ1) is 26.3. The van der Waals surface area contributed by atoms with Crippen molar-refractivity contribution in [3.8, 4) is 33.6 Å². The Hall–Kier alpha value is -4.92. The fraction of sp³-hybridized carbons (Fsp3) is 0.250. The number of H-pyrrole nitrogens is 1. The SMILES string of the molecule is CC(C)(C)OC(=O)NC1(c2ccc(-c3nc4c(C(N)=O)cc(-c5cn[nH]c5)cn4c3-c3ccccc3)cc2)CCC1. The van der Waals surface area contributed by atoms with E-state index in [1.165, 1.54) is 0 Å². The number of nitrogens with one attached hydrogen (secondary N) is 2. The first-order valence-corrected chi connectivity index (χ1v) is 13.7. The Kier molecular flexibility index (Phi) is 6.37. The maximum atomic E-state index is 12.6. The number of ether oxygens (including phenoxy) is 1. The predicted molar refractivity (Wildman–Crippen MR) is 157 cm³/mol. The lowest BCUT2D eigenvalue weighted by molar-refractivity contribution is 0.0377. The average Bonchev–Trinajstić information content (AvgIpc) is 3.58. The van der Waals surface area contributed by atoms with E-state index in [2.05, 4.69) is 15.5 Å². The summed E-state index contributed by atoms with van der Waals surface area (Å²) in [6, 6.07) is 19.8. The molecule has 3 aromatic heterocycles. The van der Waals surface area contributed by atoms with Crippen molar-refractivity contribution in [1.82, 2.24) is 24.9 Å². The second-order valence-corrected chi connectivity index (χ2v) is 11.5. The lowest BCUT2D eigenvalue weighted by Crippen LogP contribution is -2.52. The van der Waals surface area contributed by atoms with Gasteiger partial charge in [0, 0.05) is 34.6 Å². The van der Waals surface area contributed by atoms with Crippen molar-refractivity contribution in [1.29, 1.82) is 0 Å². The molecule has 1 fully saturated rings. The number of pyridine rings is 1. The Labute approximate surface area is 237 Å². The first-order chi connectivity index (χ1) is 19.6. The van der Waals surface area contributed by atoms with Crippen LogP contribution in [0.4, 0.5) is 4.79 Å². The van der Waals surface area contributed by atoms with Crippen molar-refractivity contribution in [2.24, 2.45) is 5.73 Å². The number of nitrogens with two attached hydrogens (primary N) is 1. The van der Waals surface area contributed by atoms with Gasteiger partial charge in [0.25, 0.3) is 5.91 Å². The molecule has 0 saturated heterocycles. The van der Waals surface area contributed by atoms with Gasteiger partial charge in [0.15, 0.2) is 5.65 Å². The second-order valence-electron chi connectivity index (χ2n) is 11.5. The van der Waals surface area contributed by atoms with Crippen LogP contribution in [0.1, 0.15) is 56.0 Å². The van der Waals surface area contributed by atoms with Gasteiger partial charge in [-0.1, -0.05) is 54.6 Å². The topological polar surface area (TPSA) is 127 Å². The maximum Gasteiger partial charge on any atom is 0.408 e. The lowest BCUT2D eigenvalue weighted by Gasteiger charge is -2.43. The molecule has 1 aliphatic rings. The number of hydrogen-bond donors (Lipinski definition) is 3. The molecule has 3 heterocycles. The summed E-state index contributed by atoms with van der Waals surface area (Å²) in [7, 11) is 0. The highest BCUT2D eigenvalue weighted by Gasteiger charge is 2.41. The zero-order chi connectivity index (χ0) is 28.8. The molecule has 9 heteroatoms. The van der Waals surface area contributed by atoms with Crippen LogP contribution >= 0.6 is 0 Å². The number of amides is 2. The minimum absolute atomic E-state index is 0.318. The van der Waals surface area contributed by atoms with Gasteiger partial charge < -0.3 is 15.8 Å². The average molecular weight is 549 g/mol. The van der Waals surface area contributed by atoms with Crippen LogP contribution in [0.3, 0.4) is 0 Å². The third kappa shape index (κ3) is 4.95. The number of carbonyl (C=O) groups is 2. The highest BCUT2D eigenvalue weighted by atomic mass is 16.6. The van der Waals surface area contributed by atoms with E-state index in [1.807, 2.05) is 86.0 Å². The highest BCUT2D eigenvalue weighted by Crippen LogP contribution is 2.43. The number of nitrogens with zero attached hydrogens (tertiary/aromatic N) is 3. The molecular weight excluding hydrogens is 516 g/mol. The number of fused-ring (bicyclic) bond motifs is 1. The van der Waals surface area contributed by atoms with Crippen LogP contribution in [0.2, 0.25) is 0 Å². The minimum Gasteiger partial charge on any atom is -0.444 e. The standard InChI is InChI=1S/C32H32N6O3/c1-31(2,3)41-30(40)37-32(14-7-15-32)24-12-10-20(11-13-24)26-27(21-8-5-4-6-9-21)38-19-22(23-17-34-35-18-23)16-25(28(33)39)29(38)36-26/h4-6,8-13,16-19H,7,14-15H2,1-3H3,(H2,33,39)(H,34,35)(H,37,40). The third-order valence-electron chi connectivity index (χ3n) is 7.52. The molecular formula is C32H32N6O3. The molecule has 1 aliphatic carbocycles. The monoisotopic (exact) mass is 548 g/mol. The molecule has 0 atom stereocenters. The third-order valence-corrected chi connectivity index (χ3v) is 7.52. The zero-order valence-corrected chi connectivity index (χ0v) is 23.3. The number of primary amides is 1. The molecule has 2 amide bonds. The Morgan fingerprint density at radius 2 is 1.73 bits per heavy atom. The summed E-state index contributed by atoms with van der Waals surface area (Å²) >= 11 is 0. The smallest absolute Gasteiger partial charge is 0.408 e. The molecule has 208 valence electrons. The van der Waals surface area contributed by atoms with Gasteiger partial charge in [-0.3, -0.25) is 14.3 Å².